The number of carbonyl (C=O) groups is 2. The first-order valence-electron chi connectivity index (χ1n) is 6.84. The molecular weight excluding hydrogens is 359 g/mol. The van der Waals surface area contributed by atoms with E-state index in [4.69, 9.17) is 20.9 Å². The molecule has 128 valence electrons. The van der Waals surface area contributed by atoms with Crippen molar-refractivity contribution in [3.63, 3.8) is 0 Å². The van der Waals surface area contributed by atoms with Gasteiger partial charge in [0.15, 0.2) is 5.82 Å². The van der Waals surface area contributed by atoms with Crippen molar-refractivity contribution in [2.75, 3.05) is 16.8 Å². The highest BCUT2D eigenvalue weighted by Crippen LogP contribution is 2.18. The molecule has 1 N–H and O–H groups in total. The SMILES string of the molecule is Cc1cc(NC(=O)CSCC(=O)OCc2ccc(F)cc2Cl)no1. The van der Waals surface area contributed by atoms with Gasteiger partial charge in [-0.1, -0.05) is 22.8 Å². The second-order valence-electron chi connectivity index (χ2n) is 4.76. The lowest BCUT2D eigenvalue weighted by Crippen LogP contribution is -2.16. The summed E-state index contributed by atoms with van der Waals surface area (Å²) in [6.45, 7) is 1.66. The van der Waals surface area contributed by atoms with E-state index in [0.29, 0.717) is 17.1 Å². The second-order valence-corrected chi connectivity index (χ2v) is 6.15. The fourth-order valence-corrected chi connectivity index (χ4v) is 2.50. The van der Waals surface area contributed by atoms with Gasteiger partial charge in [0, 0.05) is 11.6 Å². The lowest BCUT2D eigenvalue weighted by Gasteiger charge is -2.06. The van der Waals surface area contributed by atoms with E-state index in [2.05, 4.69) is 10.5 Å². The predicted octanol–water partition coefficient (Wildman–Crippen LogP) is 3.19. The number of esters is 1. The Kier molecular flexibility index (Phi) is 6.62. The van der Waals surface area contributed by atoms with Crippen LogP contribution in [-0.2, 0) is 20.9 Å². The van der Waals surface area contributed by atoms with Gasteiger partial charge in [0.2, 0.25) is 5.91 Å². The molecule has 0 aliphatic heterocycles. The number of amides is 1. The monoisotopic (exact) mass is 372 g/mol. The second kappa shape index (κ2) is 8.70. The van der Waals surface area contributed by atoms with E-state index >= 15 is 0 Å². The molecule has 1 aromatic carbocycles. The smallest absolute Gasteiger partial charge is 0.316 e. The number of ether oxygens (including phenoxy) is 1. The molecule has 0 atom stereocenters. The summed E-state index contributed by atoms with van der Waals surface area (Å²) in [5.41, 5.74) is 0.510. The number of aryl methyl sites for hydroxylation is 1. The van der Waals surface area contributed by atoms with Crippen molar-refractivity contribution in [3.8, 4) is 0 Å². The molecule has 0 bridgehead atoms. The summed E-state index contributed by atoms with van der Waals surface area (Å²) in [6, 6.07) is 5.42. The highest BCUT2D eigenvalue weighted by atomic mass is 35.5. The average Bonchev–Trinajstić information content (AvgIpc) is 2.91. The number of rotatable bonds is 7. The van der Waals surface area contributed by atoms with Crippen LogP contribution in [0.15, 0.2) is 28.8 Å². The molecule has 0 saturated carbocycles. The molecule has 1 heterocycles. The van der Waals surface area contributed by atoms with E-state index in [0.717, 1.165) is 17.8 Å². The standard InChI is InChI=1S/C15H14ClFN2O4S/c1-9-4-13(19-23-9)18-14(20)7-24-8-15(21)22-6-10-2-3-11(17)5-12(10)16/h2-5H,6-8H2,1H3,(H,18,19,20). The van der Waals surface area contributed by atoms with Gasteiger partial charge >= 0.3 is 5.97 Å². The third kappa shape index (κ3) is 5.86. The molecule has 9 heteroatoms. The number of benzene rings is 1. The van der Waals surface area contributed by atoms with Gasteiger partial charge in [0.25, 0.3) is 0 Å². The third-order valence-corrected chi connectivity index (χ3v) is 4.01. The Hall–Kier alpha value is -2.06. The van der Waals surface area contributed by atoms with Crippen molar-refractivity contribution < 1.29 is 23.2 Å². The van der Waals surface area contributed by atoms with Crippen molar-refractivity contribution >= 4 is 41.1 Å². The summed E-state index contributed by atoms with van der Waals surface area (Å²) in [7, 11) is 0. The molecule has 1 amide bonds. The van der Waals surface area contributed by atoms with Crippen LogP contribution in [-0.4, -0.2) is 28.5 Å². The molecule has 0 spiro atoms. The van der Waals surface area contributed by atoms with Gasteiger partial charge in [-0.3, -0.25) is 9.59 Å². The Labute approximate surface area is 146 Å². The molecule has 0 saturated heterocycles. The van der Waals surface area contributed by atoms with Crippen LogP contribution in [0.5, 0.6) is 0 Å². The van der Waals surface area contributed by atoms with Crippen molar-refractivity contribution in [1.29, 1.82) is 0 Å². The minimum atomic E-state index is -0.495. The summed E-state index contributed by atoms with van der Waals surface area (Å²) in [5.74, 6) is -0.276. The van der Waals surface area contributed by atoms with Gasteiger partial charge in [-0.05, 0) is 19.1 Å². The summed E-state index contributed by atoms with van der Waals surface area (Å²) in [6.07, 6.45) is 0. The van der Waals surface area contributed by atoms with Crippen LogP contribution in [0.4, 0.5) is 10.2 Å². The van der Waals surface area contributed by atoms with Crippen molar-refractivity contribution in [1.82, 2.24) is 5.16 Å². The Morgan fingerprint density at radius 2 is 2.17 bits per heavy atom. The zero-order chi connectivity index (χ0) is 17.5. The molecule has 1 aromatic heterocycles. The number of nitrogens with zero attached hydrogens (tertiary/aromatic N) is 1. The Balaban J connectivity index is 1.66. The van der Waals surface area contributed by atoms with Crippen LogP contribution in [0.1, 0.15) is 11.3 Å². The lowest BCUT2D eigenvalue weighted by molar-refractivity contribution is -0.141. The van der Waals surface area contributed by atoms with Gasteiger partial charge < -0.3 is 14.6 Å². The normalized spacial score (nSPS) is 10.5. The van der Waals surface area contributed by atoms with Crippen molar-refractivity contribution in [2.45, 2.75) is 13.5 Å². The first kappa shape index (κ1) is 18.3. The van der Waals surface area contributed by atoms with Gasteiger partial charge in [0.05, 0.1) is 16.5 Å². The van der Waals surface area contributed by atoms with Crippen molar-refractivity contribution in [2.24, 2.45) is 0 Å². The molecule has 24 heavy (non-hydrogen) atoms. The minimum absolute atomic E-state index is 0.00404. The summed E-state index contributed by atoms with van der Waals surface area (Å²) in [5, 5.41) is 6.36. The van der Waals surface area contributed by atoms with E-state index in [1.165, 1.54) is 12.1 Å². The fraction of sp³-hybridized carbons (Fsp3) is 0.267. The molecule has 2 rings (SSSR count). The number of hydrogen-bond acceptors (Lipinski definition) is 6. The maximum absolute atomic E-state index is 12.9. The Morgan fingerprint density at radius 1 is 1.38 bits per heavy atom. The first-order chi connectivity index (χ1) is 11.4. The third-order valence-electron chi connectivity index (χ3n) is 2.75. The molecule has 0 aliphatic rings. The predicted molar refractivity (Wildman–Crippen MR) is 88.4 cm³/mol. The van der Waals surface area contributed by atoms with Gasteiger partial charge in [0.1, 0.15) is 18.2 Å². The average molecular weight is 373 g/mol. The van der Waals surface area contributed by atoms with E-state index in [1.807, 2.05) is 0 Å². The van der Waals surface area contributed by atoms with E-state index < -0.39 is 11.8 Å². The molecule has 2 aromatic rings. The summed E-state index contributed by atoms with van der Waals surface area (Å²) >= 11 is 6.93. The molecule has 0 aliphatic carbocycles. The first-order valence-corrected chi connectivity index (χ1v) is 8.38. The highest BCUT2D eigenvalue weighted by Gasteiger charge is 2.10. The van der Waals surface area contributed by atoms with Crippen LogP contribution in [0.3, 0.4) is 0 Å². The van der Waals surface area contributed by atoms with Crippen LogP contribution < -0.4 is 5.32 Å². The van der Waals surface area contributed by atoms with E-state index in [-0.39, 0.29) is 29.0 Å². The summed E-state index contributed by atoms with van der Waals surface area (Å²) < 4.78 is 22.7. The van der Waals surface area contributed by atoms with Crippen LogP contribution in [0.25, 0.3) is 0 Å². The highest BCUT2D eigenvalue weighted by molar-refractivity contribution is 8.00. The van der Waals surface area contributed by atoms with Crippen molar-refractivity contribution in [3.05, 3.63) is 46.4 Å². The van der Waals surface area contributed by atoms with Crippen LogP contribution >= 0.6 is 23.4 Å². The number of thioether (sulfide) groups is 1. The maximum atomic E-state index is 12.9. The van der Waals surface area contributed by atoms with Gasteiger partial charge in [-0.2, -0.15) is 0 Å². The van der Waals surface area contributed by atoms with Crippen LogP contribution in [0.2, 0.25) is 5.02 Å². The number of hydrogen-bond donors (Lipinski definition) is 1. The van der Waals surface area contributed by atoms with E-state index in [1.54, 1.807) is 13.0 Å². The fourth-order valence-electron chi connectivity index (χ4n) is 1.67. The molecule has 6 nitrogen and oxygen atoms in total. The maximum Gasteiger partial charge on any atom is 0.316 e. The molecular formula is C15H14ClFN2O4S. The zero-order valence-electron chi connectivity index (χ0n) is 12.7. The number of halogens is 2. The van der Waals surface area contributed by atoms with Crippen LogP contribution in [0, 0.1) is 12.7 Å². The quantitative estimate of drug-likeness (QED) is 0.752. The number of carbonyl (C=O) groups excluding carboxylic acids is 2. The minimum Gasteiger partial charge on any atom is -0.460 e. The Bertz CT molecular complexity index is 738. The van der Waals surface area contributed by atoms with E-state index in [9.17, 15) is 14.0 Å². The topological polar surface area (TPSA) is 81.4 Å². The van der Waals surface area contributed by atoms with Gasteiger partial charge in [-0.25, -0.2) is 4.39 Å². The molecule has 0 radical (unpaired) electrons. The summed E-state index contributed by atoms with van der Waals surface area (Å²) in [4.78, 5) is 23.3. The Morgan fingerprint density at radius 3 is 2.83 bits per heavy atom. The number of anilines is 1. The number of aromatic nitrogens is 1. The lowest BCUT2D eigenvalue weighted by atomic mass is 10.2. The molecule has 0 unspecified atom stereocenters. The zero-order valence-corrected chi connectivity index (χ0v) is 14.2. The number of nitrogens with one attached hydrogen (secondary N) is 1. The van der Waals surface area contributed by atoms with Gasteiger partial charge in [-0.15, -0.1) is 11.8 Å². The largest absolute Gasteiger partial charge is 0.460 e. The molecule has 0 fully saturated rings.